The van der Waals surface area contributed by atoms with E-state index in [1.165, 1.54) is 6.92 Å². The number of rotatable bonds is 2. The lowest BCUT2D eigenvalue weighted by Gasteiger charge is -2.13. The number of ether oxygens (including phenoxy) is 1. The highest BCUT2D eigenvalue weighted by molar-refractivity contribution is 5.90. The molecule has 2 rings (SSSR count). The van der Waals surface area contributed by atoms with Crippen LogP contribution < -0.4 is 5.56 Å². The molecular formula is C10H8F3N3O3. The van der Waals surface area contributed by atoms with Crippen LogP contribution in [0.4, 0.5) is 13.2 Å². The molecule has 0 amide bonds. The predicted molar refractivity (Wildman–Crippen MR) is 56.8 cm³/mol. The summed E-state index contributed by atoms with van der Waals surface area (Å²) in [4.78, 5) is 26.2. The molecule has 102 valence electrons. The number of nitrogens with one attached hydrogen (secondary N) is 1. The van der Waals surface area contributed by atoms with E-state index in [-0.39, 0.29) is 12.3 Å². The summed E-state index contributed by atoms with van der Waals surface area (Å²) in [5.41, 5.74) is -3.06. The minimum atomic E-state index is -4.84. The van der Waals surface area contributed by atoms with Crippen molar-refractivity contribution in [3.05, 3.63) is 33.9 Å². The van der Waals surface area contributed by atoms with Crippen molar-refractivity contribution >= 4 is 11.6 Å². The van der Waals surface area contributed by atoms with Crippen LogP contribution in [0.2, 0.25) is 0 Å². The Kier molecular flexibility index (Phi) is 3.05. The van der Waals surface area contributed by atoms with Gasteiger partial charge in [-0.1, -0.05) is 0 Å². The summed E-state index contributed by atoms with van der Waals surface area (Å²) in [7, 11) is 0. The van der Waals surface area contributed by atoms with Gasteiger partial charge in [0.2, 0.25) is 0 Å². The van der Waals surface area contributed by atoms with E-state index in [1.54, 1.807) is 0 Å². The fourth-order valence-electron chi connectivity index (χ4n) is 1.60. The van der Waals surface area contributed by atoms with Gasteiger partial charge < -0.3 is 4.74 Å². The average Bonchev–Trinajstić information content (AvgIpc) is 2.66. The predicted octanol–water partition coefficient (Wildman–Crippen LogP) is 1.22. The van der Waals surface area contributed by atoms with Gasteiger partial charge in [0, 0.05) is 12.3 Å². The van der Waals surface area contributed by atoms with Crippen molar-refractivity contribution in [3.8, 4) is 0 Å². The average molecular weight is 275 g/mol. The molecule has 0 aliphatic heterocycles. The first kappa shape index (κ1) is 13.1. The molecule has 0 aliphatic carbocycles. The molecule has 2 aromatic heterocycles. The fraction of sp³-hybridized carbons (Fsp3) is 0.300. The van der Waals surface area contributed by atoms with Crippen molar-refractivity contribution in [3.63, 3.8) is 0 Å². The highest BCUT2D eigenvalue weighted by atomic mass is 19.4. The largest absolute Gasteiger partial charge is 0.462 e. The molecule has 0 spiro atoms. The second-order valence-corrected chi connectivity index (χ2v) is 3.55. The number of carbonyl (C=O) groups is 1. The second-order valence-electron chi connectivity index (χ2n) is 3.55. The van der Waals surface area contributed by atoms with E-state index in [2.05, 4.69) is 9.72 Å². The lowest BCUT2D eigenvalue weighted by atomic mass is 10.2. The van der Waals surface area contributed by atoms with E-state index < -0.39 is 29.0 Å². The molecule has 2 aromatic rings. The zero-order chi connectivity index (χ0) is 14.2. The number of nitrogens with zero attached hydrogens (tertiary/aromatic N) is 2. The second kappa shape index (κ2) is 4.41. The zero-order valence-electron chi connectivity index (χ0n) is 9.61. The number of esters is 1. The Morgan fingerprint density at radius 3 is 2.79 bits per heavy atom. The first-order valence-electron chi connectivity index (χ1n) is 5.19. The number of hydrogen-bond donors (Lipinski definition) is 1. The quantitative estimate of drug-likeness (QED) is 0.836. The van der Waals surface area contributed by atoms with Gasteiger partial charge in [0.15, 0.2) is 11.3 Å². The number of H-pyrrole nitrogens is 1. The minimum absolute atomic E-state index is 0.0730. The van der Waals surface area contributed by atoms with Crippen molar-refractivity contribution in [2.75, 3.05) is 6.61 Å². The van der Waals surface area contributed by atoms with Crippen LogP contribution in [-0.2, 0) is 10.9 Å². The molecule has 0 radical (unpaired) electrons. The van der Waals surface area contributed by atoms with Crippen LogP contribution in [0.1, 0.15) is 23.0 Å². The Morgan fingerprint density at radius 1 is 1.53 bits per heavy atom. The molecule has 6 nitrogen and oxygen atoms in total. The van der Waals surface area contributed by atoms with Crippen LogP contribution in [0.15, 0.2) is 17.1 Å². The number of aromatic nitrogens is 3. The van der Waals surface area contributed by atoms with Gasteiger partial charge in [-0.2, -0.15) is 13.2 Å². The molecule has 0 unspecified atom stereocenters. The zero-order valence-corrected chi connectivity index (χ0v) is 9.61. The lowest BCUT2D eigenvalue weighted by Crippen LogP contribution is -2.21. The summed E-state index contributed by atoms with van der Waals surface area (Å²) >= 11 is 0. The van der Waals surface area contributed by atoms with Gasteiger partial charge in [0.05, 0.1) is 6.61 Å². The summed E-state index contributed by atoms with van der Waals surface area (Å²) < 4.78 is 44.0. The molecule has 19 heavy (non-hydrogen) atoms. The standard InChI is InChI=1S/C10H8F3N3O3/c1-2-19-9(18)5-4-14-6-3-7(17)15-16(6)8(5)10(11,12)13/h3-4H,2H2,1H3,(H,15,17). The molecule has 0 saturated heterocycles. The molecule has 0 atom stereocenters. The number of fused-ring (bicyclic) bond motifs is 1. The van der Waals surface area contributed by atoms with Crippen molar-refractivity contribution in [1.29, 1.82) is 0 Å². The normalized spacial score (nSPS) is 11.8. The van der Waals surface area contributed by atoms with Crippen LogP contribution in [0, 0.1) is 0 Å². The van der Waals surface area contributed by atoms with Gasteiger partial charge in [-0.05, 0) is 6.92 Å². The Morgan fingerprint density at radius 2 is 2.21 bits per heavy atom. The topological polar surface area (TPSA) is 76.5 Å². The van der Waals surface area contributed by atoms with E-state index in [1.807, 2.05) is 5.10 Å². The van der Waals surface area contributed by atoms with Gasteiger partial charge >= 0.3 is 12.1 Å². The van der Waals surface area contributed by atoms with Crippen molar-refractivity contribution in [2.24, 2.45) is 0 Å². The maximum atomic E-state index is 13.0. The monoisotopic (exact) mass is 275 g/mol. The lowest BCUT2D eigenvalue weighted by molar-refractivity contribution is -0.143. The highest BCUT2D eigenvalue weighted by Gasteiger charge is 2.39. The number of aromatic amines is 1. The summed E-state index contributed by atoms with van der Waals surface area (Å²) in [6.45, 7) is 1.39. The Balaban J connectivity index is 2.77. The number of halogens is 3. The van der Waals surface area contributed by atoms with Crippen LogP contribution in [-0.4, -0.2) is 27.2 Å². The van der Waals surface area contributed by atoms with Crippen molar-refractivity contribution in [1.82, 2.24) is 14.6 Å². The van der Waals surface area contributed by atoms with Gasteiger partial charge in [-0.25, -0.2) is 14.3 Å². The van der Waals surface area contributed by atoms with E-state index >= 15 is 0 Å². The number of alkyl halides is 3. The van der Waals surface area contributed by atoms with Crippen molar-refractivity contribution in [2.45, 2.75) is 13.1 Å². The Hall–Kier alpha value is -2.32. The van der Waals surface area contributed by atoms with Gasteiger partial charge in [-0.15, -0.1) is 0 Å². The van der Waals surface area contributed by atoms with E-state index in [9.17, 15) is 22.8 Å². The molecule has 0 bridgehead atoms. The molecule has 0 aliphatic rings. The smallest absolute Gasteiger partial charge is 0.434 e. The van der Waals surface area contributed by atoms with Crippen molar-refractivity contribution < 1.29 is 22.7 Å². The number of hydrogen-bond acceptors (Lipinski definition) is 4. The fourth-order valence-corrected chi connectivity index (χ4v) is 1.60. The van der Waals surface area contributed by atoms with Gasteiger partial charge in [-0.3, -0.25) is 9.89 Å². The molecule has 2 heterocycles. The van der Waals surface area contributed by atoms with E-state index in [4.69, 9.17) is 0 Å². The van der Waals surface area contributed by atoms with E-state index in [0.29, 0.717) is 4.52 Å². The first-order chi connectivity index (χ1) is 8.84. The van der Waals surface area contributed by atoms with Gasteiger partial charge in [0.1, 0.15) is 5.56 Å². The SMILES string of the molecule is CCOC(=O)c1cnc2cc(=O)[nH]n2c1C(F)(F)F. The maximum absolute atomic E-state index is 13.0. The molecule has 0 aromatic carbocycles. The first-order valence-corrected chi connectivity index (χ1v) is 5.19. The third-order valence-electron chi connectivity index (χ3n) is 2.28. The molecule has 0 fully saturated rings. The molecule has 9 heteroatoms. The van der Waals surface area contributed by atoms with Crippen LogP contribution in [0.25, 0.3) is 5.65 Å². The minimum Gasteiger partial charge on any atom is -0.462 e. The summed E-state index contributed by atoms with van der Waals surface area (Å²) in [5.74, 6) is -1.15. The third-order valence-corrected chi connectivity index (χ3v) is 2.28. The van der Waals surface area contributed by atoms with Crippen LogP contribution in [0.3, 0.4) is 0 Å². The Bertz CT molecular complexity index is 687. The molecule has 1 N–H and O–H groups in total. The molecule has 0 saturated carbocycles. The van der Waals surface area contributed by atoms with E-state index in [0.717, 1.165) is 12.3 Å². The van der Waals surface area contributed by atoms with Crippen LogP contribution in [0.5, 0.6) is 0 Å². The summed E-state index contributed by atoms with van der Waals surface area (Å²) in [5, 5.41) is 1.94. The molecular weight excluding hydrogens is 267 g/mol. The summed E-state index contributed by atoms with van der Waals surface area (Å²) in [6, 6.07) is 0.893. The maximum Gasteiger partial charge on any atom is 0.434 e. The summed E-state index contributed by atoms with van der Waals surface area (Å²) in [6.07, 6.45) is -4.10. The Labute approximate surface area is 103 Å². The number of carbonyl (C=O) groups excluding carboxylic acids is 1. The van der Waals surface area contributed by atoms with Gasteiger partial charge in [0.25, 0.3) is 5.56 Å². The highest BCUT2D eigenvalue weighted by Crippen LogP contribution is 2.31. The third kappa shape index (κ3) is 2.30. The van der Waals surface area contributed by atoms with Crippen LogP contribution >= 0.6 is 0 Å².